The Bertz CT molecular complexity index is 457. The summed E-state index contributed by atoms with van der Waals surface area (Å²) < 4.78 is 9.80. The molecular formula is C12H14ClNO4. The summed E-state index contributed by atoms with van der Waals surface area (Å²) in [6, 6.07) is 2.49. The molecule has 0 N–H and O–H groups in total. The second-order valence-corrected chi connectivity index (χ2v) is 4.51. The number of likely N-dealkylation sites (tertiary alicyclic amines) is 1. The molecule has 1 saturated heterocycles. The van der Waals surface area contributed by atoms with Gasteiger partial charge in [0.2, 0.25) is 0 Å². The van der Waals surface area contributed by atoms with Gasteiger partial charge in [0.15, 0.2) is 11.0 Å². The molecule has 0 radical (unpaired) electrons. The molecule has 1 aliphatic rings. The minimum absolute atomic E-state index is 0.149. The van der Waals surface area contributed by atoms with Gasteiger partial charge in [-0.1, -0.05) is 0 Å². The largest absolute Gasteiger partial charge is 0.467 e. The Kier molecular flexibility index (Phi) is 3.91. The fourth-order valence-corrected chi connectivity index (χ4v) is 2.27. The van der Waals surface area contributed by atoms with Gasteiger partial charge < -0.3 is 14.1 Å². The summed E-state index contributed by atoms with van der Waals surface area (Å²) in [6.45, 7) is 0.525. The Morgan fingerprint density at radius 2 is 2.22 bits per heavy atom. The van der Waals surface area contributed by atoms with Gasteiger partial charge in [-0.05, 0) is 43.0 Å². The van der Waals surface area contributed by atoms with E-state index < -0.39 is 6.04 Å². The van der Waals surface area contributed by atoms with Crippen molar-refractivity contribution in [2.75, 3.05) is 13.7 Å². The number of rotatable bonds is 2. The SMILES string of the molecule is COC(=O)[C@@H]1CCCCN1C(=O)c1ccc(Cl)o1. The molecule has 1 amide bonds. The smallest absolute Gasteiger partial charge is 0.328 e. The maximum atomic E-state index is 12.2. The molecule has 0 bridgehead atoms. The van der Waals surface area contributed by atoms with Gasteiger partial charge in [0.1, 0.15) is 6.04 Å². The van der Waals surface area contributed by atoms with Crippen LogP contribution >= 0.6 is 11.6 Å². The molecule has 0 spiro atoms. The topological polar surface area (TPSA) is 59.8 Å². The van der Waals surface area contributed by atoms with Gasteiger partial charge in [0, 0.05) is 6.54 Å². The van der Waals surface area contributed by atoms with Crippen LogP contribution < -0.4 is 0 Å². The summed E-state index contributed by atoms with van der Waals surface area (Å²) in [6.07, 6.45) is 2.39. The van der Waals surface area contributed by atoms with E-state index in [1.165, 1.54) is 24.1 Å². The molecule has 1 aliphatic heterocycles. The van der Waals surface area contributed by atoms with E-state index in [4.69, 9.17) is 20.8 Å². The third-order valence-corrected chi connectivity index (χ3v) is 3.22. The lowest BCUT2D eigenvalue weighted by atomic mass is 10.0. The minimum Gasteiger partial charge on any atom is -0.467 e. The predicted molar refractivity (Wildman–Crippen MR) is 64.4 cm³/mol. The fraction of sp³-hybridized carbons (Fsp3) is 0.500. The van der Waals surface area contributed by atoms with Crippen molar-refractivity contribution in [2.45, 2.75) is 25.3 Å². The number of hydrogen-bond acceptors (Lipinski definition) is 4. The van der Waals surface area contributed by atoms with Crippen molar-refractivity contribution in [1.82, 2.24) is 4.90 Å². The predicted octanol–water partition coefficient (Wildman–Crippen LogP) is 2.10. The number of halogens is 1. The summed E-state index contributed by atoms with van der Waals surface area (Å²) >= 11 is 5.64. The molecule has 2 rings (SSSR count). The van der Waals surface area contributed by atoms with Crippen LogP contribution in [0.5, 0.6) is 0 Å². The highest BCUT2D eigenvalue weighted by atomic mass is 35.5. The molecule has 1 aromatic heterocycles. The zero-order valence-corrected chi connectivity index (χ0v) is 10.8. The zero-order valence-electron chi connectivity index (χ0n) is 10.0. The van der Waals surface area contributed by atoms with E-state index in [0.29, 0.717) is 13.0 Å². The number of hydrogen-bond donors (Lipinski definition) is 0. The summed E-state index contributed by atoms with van der Waals surface area (Å²) in [5.41, 5.74) is 0. The quantitative estimate of drug-likeness (QED) is 0.773. The van der Waals surface area contributed by atoms with Gasteiger partial charge >= 0.3 is 5.97 Å². The molecule has 2 heterocycles. The number of carbonyl (C=O) groups excluding carboxylic acids is 2. The summed E-state index contributed by atoms with van der Waals surface area (Å²) in [7, 11) is 1.32. The Balaban J connectivity index is 2.18. The third-order valence-electron chi connectivity index (χ3n) is 3.02. The molecule has 1 aromatic rings. The molecule has 6 heteroatoms. The second-order valence-electron chi connectivity index (χ2n) is 4.14. The molecule has 0 aromatic carbocycles. The van der Waals surface area contributed by atoms with E-state index in [1.807, 2.05) is 0 Å². The van der Waals surface area contributed by atoms with Crippen LogP contribution in [0.4, 0.5) is 0 Å². The first-order chi connectivity index (χ1) is 8.63. The first-order valence-corrected chi connectivity index (χ1v) is 6.15. The van der Waals surface area contributed by atoms with Crippen LogP contribution in [0.1, 0.15) is 29.8 Å². The normalized spacial score (nSPS) is 19.7. The Morgan fingerprint density at radius 1 is 1.44 bits per heavy atom. The fourth-order valence-electron chi connectivity index (χ4n) is 2.13. The van der Waals surface area contributed by atoms with E-state index >= 15 is 0 Å². The van der Waals surface area contributed by atoms with Crippen LogP contribution in [0.15, 0.2) is 16.5 Å². The first kappa shape index (κ1) is 13.0. The number of ether oxygens (including phenoxy) is 1. The summed E-state index contributed by atoms with van der Waals surface area (Å²) in [4.78, 5) is 25.3. The average molecular weight is 272 g/mol. The minimum atomic E-state index is -0.528. The molecule has 0 saturated carbocycles. The van der Waals surface area contributed by atoms with E-state index in [9.17, 15) is 9.59 Å². The van der Waals surface area contributed by atoms with Gasteiger partial charge in [0.25, 0.3) is 5.91 Å². The third kappa shape index (κ3) is 2.51. The maximum Gasteiger partial charge on any atom is 0.328 e. The van der Waals surface area contributed by atoms with Crippen LogP contribution in [0, 0.1) is 0 Å². The Labute approximate surface area is 110 Å². The molecule has 5 nitrogen and oxygen atoms in total. The number of furan rings is 1. The number of piperidine rings is 1. The van der Waals surface area contributed by atoms with Gasteiger partial charge in [-0.15, -0.1) is 0 Å². The summed E-state index contributed by atoms with van der Waals surface area (Å²) in [5, 5.41) is 0.157. The van der Waals surface area contributed by atoms with Gasteiger partial charge in [0.05, 0.1) is 7.11 Å². The lowest BCUT2D eigenvalue weighted by Crippen LogP contribution is -2.48. The molecular weight excluding hydrogens is 258 g/mol. The number of nitrogens with zero attached hydrogens (tertiary/aromatic N) is 1. The highest BCUT2D eigenvalue weighted by Crippen LogP contribution is 2.22. The van der Waals surface area contributed by atoms with Crippen LogP contribution in [0.3, 0.4) is 0 Å². The molecule has 0 unspecified atom stereocenters. The van der Waals surface area contributed by atoms with Crippen LogP contribution in [-0.4, -0.2) is 36.5 Å². The van der Waals surface area contributed by atoms with Gasteiger partial charge in [-0.2, -0.15) is 0 Å². The number of amides is 1. The van der Waals surface area contributed by atoms with E-state index in [1.54, 1.807) is 0 Å². The average Bonchev–Trinajstić information content (AvgIpc) is 2.83. The van der Waals surface area contributed by atoms with Crippen LogP contribution in [0.2, 0.25) is 5.22 Å². The van der Waals surface area contributed by atoms with Gasteiger partial charge in [-0.25, -0.2) is 4.79 Å². The molecule has 1 fully saturated rings. The van der Waals surface area contributed by atoms with E-state index in [-0.39, 0.29) is 22.9 Å². The molecule has 1 atom stereocenters. The van der Waals surface area contributed by atoms with Gasteiger partial charge in [-0.3, -0.25) is 4.79 Å². The van der Waals surface area contributed by atoms with Crippen molar-refractivity contribution < 1.29 is 18.7 Å². The molecule has 18 heavy (non-hydrogen) atoms. The van der Waals surface area contributed by atoms with Crippen molar-refractivity contribution in [3.8, 4) is 0 Å². The number of methoxy groups -OCH3 is 1. The van der Waals surface area contributed by atoms with Crippen molar-refractivity contribution in [3.63, 3.8) is 0 Å². The van der Waals surface area contributed by atoms with Crippen molar-refractivity contribution in [2.24, 2.45) is 0 Å². The molecule has 98 valence electrons. The zero-order chi connectivity index (χ0) is 13.1. The Hall–Kier alpha value is -1.49. The summed E-state index contributed by atoms with van der Waals surface area (Å²) in [5.74, 6) is -0.562. The van der Waals surface area contributed by atoms with E-state index in [2.05, 4.69) is 0 Å². The monoisotopic (exact) mass is 271 g/mol. The molecule has 0 aliphatic carbocycles. The lowest BCUT2D eigenvalue weighted by molar-refractivity contribution is -0.147. The van der Waals surface area contributed by atoms with Crippen LogP contribution in [-0.2, 0) is 9.53 Å². The van der Waals surface area contributed by atoms with Crippen molar-refractivity contribution in [1.29, 1.82) is 0 Å². The van der Waals surface area contributed by atoms with Crippen molar-refractivity contribution >= 4 is 23.5 Å². The highest BCUT2D eigenvalue weighted by molar-refractivity contribution is 6.29. The lowest BCUT2D eigenvalue weighted by Gasteiger charge is -2.33. The Morgan fingerprint density at radius 3 is 2.83 bits per heavy atom. The highest BCUT2D eigenvalue weighted by Gasteiger charge is 2.34. The van der Waals surface area contributed by atoms with E-state index in [0.717, 1.165) is 12.8 Å². The standard InChI is InChI=1S/C12H14ClNO4/c1-17-12(16)8-4-2-3-7-14(8)11(15)9-5-6-10(13)18-9/h5-6,8H,2-4,7H2,1H3/t8-/m0/s1. The maximum absolute atomic E-state index is 12.2. The van der Waals surface area contributed by atoms with Crippen molar-refractivity contribution in [3.05, 3.63) is 23.1 Å². The number of esters is 1. The number of carbonyl (C=O) groups is 2. The first-order valence-electron chi connectivity index (χ1n) is 5.77. The second kappa shape index (κ2) is 5.44. The van der Waals surface area contributed by atoms with Crippen LogP contribution in [0.25, 0.3) is 0 Å².